The van der Waals surface area contributed by atoms with Crippen molar-refractivity contribution in [2.24, 2.45) is 5.92 Å². The summed E-state index contributed by atoms with van der Waals surface area (Å²) in [5.74, 6) is -0.205. The van der Waals surface area contributed by atoms with Crippen LogP contribution in [0, 0.1) is 5.92 Å². The maximum atomic E-state index is 12.2. The molecule has 0 aromatic heterocycles. The van der Waals surface area contributed by atoms with Crippen LogP contribution in [0.4, 0.5) is 0 Å². The van der Waals surface area contributed by atoms with Crippen LogP contribution in [0.15, 0.2) is 53.8 Å². The molecule has 4 rings (SSSR count). The molecule has 0 radical (unpaired) electrons. The molecule has 2 saturated heterocycles. The van der Waals surface area contributed by atoms with Gasteiger partial charge in [-0.05, 0) is 51.0 Å². The smallest absolute Gasteiger partial charge is 0.332 e. The van der Waals surface area contributed by atoms with E-state index >= 15 is 0 Å². The molecule has 6 heteroatoms. The molecule has 0 N–H and O–H groups in total. The summed E-state index contributed by atoms with van der Waals surface area (Å²) in [7, 11) is 1.42. The van der Waals surface area contributed by atoms with Crippen LogP contribution in [-0.2, 0) is 23.8 Å². The van der Waals surface area contributed by atoms with Crippen molar-refractivity contribution in [1.29, 1.82) is 0 Å². The number of methoxy groups -OCH3 is 1. The van der Waals surface area contributed by atoms with Crippen LogP contribution < -0.4 is 0 Å². The Kier molecular flexibility index (Phi) is 6.99. The summed E-state index contributed by atoms with van der Waals surface area (Å²) in [6, 6.07) is 10.4. The highest BCUT2D eigenvalue weighted by Crippen LogP contribution is 2.56. The maximum Gasteiger partial charge on any atom is 0.332 e. The van der Waals surface area contributed by atoms with E-state index in [0.29, 0.717) is 19.6 Å². The van der Waals surface area contributed by atoms with Crippen molar-refractivity contribution < 1.29 is 23.8 Å². The van der Waals surface area contributed by atoms with E-state index in [1.54, 1.807) is 6.08 Å². The van der Waals surface area contributed by atoms with Crippen molar-refractivity contribution in [2.75, 3.05) is 20.3 Å². The third kappa shape index (κ3) is 4.33. The van der Waals surface area contributed by atoms with Crippen LogP contribution in [0.5, 0.6) is 0 Å². The highest BCUT2D eigenvalue weighted by molar-refractivity contribution is 5.82. The maximum absolute atomic E-state index is 12.2. The van der Waals surface area contributed by atoms with Gasteiger partial charge in [-0.15, -0.1) is 0 Å². The van der Waals surface area contributed by atoms with Crippen LogP contribution in [0.1, 0.15) is 63.5 Å². The van der Waals surface area contributed by atoms with Crippen LogP contribution >= 0.6 is 0 Å². The number of ether oxygens (including phenoxy) is 3. The summed E-state index contributed by atoms with van der Waals surface area (Å²) in [4.78, 5) is 26.3. The van der Waals surface area contributed by atoms with Crippen molar-refractivity contribution in [1.82, 2.24) is 4.90 Å². The number of benzene rings is 1. The highest BCUT2D eigenvalue weighted by atomic mass is 16.5. The molecular formula is C26H33NO5. The van der Waals surface area contributed by atoms with Gasteiger partial charge in [-0.3, -0.25) is 4.79 Å². The second kappa shape index (κ2) is 9.90. The van der Waals surface area contributed by atoms with Crippen molar-refractivity contribution in [2.45, 2.75) is 63.6 Å². The van der Waals surface area contributed by atoms with Gasteiger partial charge in [0.25, 0.3) is 0 Å². The van der Waals surface area contributed by atoms with Crippen LogP contribution in [0.2, 0.25) is 0 Å². The van der Waals surface area contributed by atoms with Crippen LogP contribution in [-0.4, -0.2) is 42.9 Å². The number of esters is 2. The van der Waals surface area contributed by atoms with Crippen molar-refractivity contribution in [3.8, 4) is 0 Å². The van der Waals surface area contributed by atoms with Crippen molar-refractivity contribution in [3.63, 3.8) is 0 Å². The zero-order valence-corrected chi connectivity index (χ0v) is 19.0. The monoisotopic (exact) mass is 439 g/mol. The summed E-state index contributed by atoms with van der Waals surface area (Å²) < 4.78 is 16.7. The van der Waals surface area contributed by atoms with Gasteiger partial charge >= 0.3 is 11.9 Å². The van der Waals surface area contributed by atoms with Gasteiger partial charge in [-0.25, -0.2) is 4.79 Å². The zero-order valence-electron chi connectivity index (χ0n) is 19.0. The van der Waals surface area contributed by atoms with Gasteiger partial charge in [0.15, 0.2) is 0 Å². The lowest BCUT2D eigenvalue weighted by atomic mass is 9.72. The SMILES string of the molecule is CCOC(=O)CCCC1=CCC[C@@]23OC[C@@H](c4ccccc4)N2/C(=C/C(=O)OC)CC[C@@H]13. The Labute approximate surface area is 190 Å². The molecule has 3 atom stereocenters. The van der Waals surface area contributed by atoms with Gasteiger partial charge in [0.05, 0.1) is 26.4 Å². The standard InChI is InChI=1S/C26H33NO5/c1-3-31-24(28)13-7-11-19-12-8-16-26-22(19)15-14-21(17-25(29)30-2)27(26)23(18-32-26)20-9-5-4-6-10-20/h4-6,9-10,12,17,22-23H,3,7-8,11,13-16,18H2,1-2H3/b21-17+/t22-,23-,26-/m0/s1. The highest BCUT2D eigenvalue weighted by Gasteiger charge is 2.57. The molecule has 2 fully saturated rings. The first-order valence-corrected chi connectivity index (χ1v) is 11.7. The Morgan fingerprint density at radius 2 is 2.09 bits per heavy atom. The molecule has 1 aromatic rings. The van der Waals surface area contributed by atoms with Crippen molar-refractivity contribution in [3.05, 3.63) is 59.3 Å². The van der Waals surface area contributed by atoms with E-state index in [-0.39, 0.29) is 23.9 Å². The summed E-state index contributed by atoms with van der Waals surface area (Å²) >= 11 is 0. The fourth-order valence-corrected chi connectivity index (χ4v) is 5.63. The third-order valence-electron chi connectivity index (χ3n) is 6.93. The minimum absolute atomic E-state index is 0.0637. The lowest BCUT2D eigenvalue weighted by Crippen LogP contribution is -2.55. The fourth-order valence-electron chi connectivity index (χ4n) is 5.63. The molecule has 0 bridgehead atoms. The van der Waals surface area contributed by atoms with E-state index < -0.39 is 5.72 Å². The molecule has 3 aliphatic rings. The van der Waals surface area contributed by atoms with Gasteiger partial charge < -0.3 is 19.1 Å². The molecule has 0 saturated carbocycles. The molecule has 1 aliphatic carbocycles. The normalized spacial score (nSPS) is 28.0. The first-order valence-electron chi connectivity index (χ1n) is 11.7. The largest absolute Gasteiger partial charge is 0.466 e. The number of allylic oxidation sites excluding steroid dienone is 2. The van der Waals surface area contributed by atoms with E-state index in [2.05, 4.69) is 23.1 Å². The quantitative estimate of drug-likeness (QED) is 0.349. The number of hydrogen-bond acceptors (Lipinski definition) is 6. The van der Waals surface area contributed by atoms with E-state index in [9.17, 15) is 9.59 Å². The lowest BCUT2D eigenvalue weighted by molar-refractivity contribution is -0.143. The topological polar surface area (TPSA) is 65.1 Å². The second-order valence-electron chi connectivity index (χ2n) is 8.68. The number of nitrogens with zero attached hydrogens (tertiary/aromatic N) is 1. The Morgan fingerprint density at radius 3 is 2.84 bits per heavy atom. The van der Waals surface area contributed by atoms with E-state index in [1.807, 2.05) is 25.1 Å². The summed E-state index contributed by atoms with van der Waals surface area (Å²) in [6.07, 6.45) is 9.61. The first-order chi connectivity index (χ1) is 15.6. The van der Waals surface area contributed by atoms with Gasteiger partial charge in [-0.1, -0.05) is 42.0 Å². The molecular weight excluding hydrogens is 406 g/mol. The Balaban J connectivity index is 1.61. The minimum Gasteiger partial charge on any atom is -0.466 e. The molecule has 2 heterocycles. The molecule has 1 spiro atoms. The average molecular weight is 440 g/mol. The molecule has 2 aliphatic heterocycles. The number of hydrogen-bond donors (Lipinski definition) is 0. The van der Waals surface area contributed by atoms with Crippen molar-refractivity contribution >= 4 is 11.9 Å². The Bertz CT molecular complexity index is 893. The molecule has 0 amide bonds. The van der Waals surface area contributed by atoms with E-state index in [1.165, 1.54) is 18.2 Å². The Hall–Kier alpha value is -2.60. The molecule has 6 nitrogen and oxygen atoms in total. The molecule has 0 unspecified atom stereocenters. The number of piperidine rings is 1. The number of carbonyl (C=O) groups is 2. The number of carbonyl (C=O) groups excluding carboxylic acids is 2. The van der Waals surface area contributed by atoms with Crippen LogP contribution in [0.3, 0.4) is 0 Å². The molecule has 172 valence electrons. The molecule has 1 aromatic carbocycles. The summed E-state index contributed by atoms with van der Waals surface area (Å²) in [5, 5.41) is 0. The number of rotatable bonds is 7. The fraction of sp³-hybridized carbons (Fsp3) is 0.538. The minimum atomic E-state index is -0.452. The predicted octanol–water partition coefficient (Wildman–Crippen LogP) is 4.68. The Morgan fingerprint density at radius 1 is 1.28 bits per heavy atom. The zero-order chi connectivity index (χ0) is 22.6. The van der Waals surface area contributed by atoms with Gasteiger partial charge in [0.1, 0.15) is 5.72 Å². The van der Waals surface area contributed by atoms with E-state index in [0.717, 1.165) is 44.2 Å². The average Bonchev–Trinajstić information content (AvgIpc) is 3.19. The summed E-state index contributed by atoms with van der Waals surface area (Å²) in [5.41, 5.74) is 3.11. The van der Waals surface area contributed by atoms with Gasteiger partial charge in [-0.2, -0.15) is 0 Å². The summed E-state index contributed by atoms with van der Waals surface area (Å²) in [6.45, 7) is 2.85. The predicted molar refractivity (Wildman–Crippen MR) is 120 cm³/mol. The van der Waals surface area contributed by atoms with Gasteiger partial charge in [0.2, 0.25) is 0 Å². The van der Waals surface area contributed by atoms with Crippen LogP contribution in [0.25, 0.3) is 0 Å². The van der Waals surface area contributed by atoms with Gasteiger partial charge in [0, 0.05) is 24.1 Å². The first kappa shape index (κ1) is 22.6. The third-order valence-corrected chi connectivity index (χ3v) is 6.93. The lowest BCUT2D eigenvalue weighted by Gasteiger charge is -2.53. The second-order valence-corrected chi connectivity index (χ2v) is 8.68. The molecule has 32 heavy (non-hydrogen) atoms. The van der Waals surface area contributed by atoms with E-state index in [4.69, 9.17) is 14.2 Å².